The van der Waals surface area contributed by atoms with E-state index < -0.39 is 48.8 Å². The molecule has 504 valence electrons. The van der Waals surface area contributed by atoms with Crippen LogP contribution in [0, 0.1) is 47.4 Å². The number of nitrogens with zero attached hydrogens (tertiary/aromatic N) is 12. The Bertz CT molecular complexity index is 4580. The Morgan fingerprint density at radius 3 is 0.644 bits per heavy atom. The van der Waals surface area contributed by atoms with Crippen molar-refractivity contribution >= 4 is 24.4 Å². The van der Waals surface area contributed by atoms with Crippen molar-refractivity contribution in [2.75, 3.05) is 0 Å². The number of pyridine rings is 4. The first-order valence-electron chi connectivity index (χ1n) is 32.2. The molecule has 4 aliphatic rings. The third kappa shape index (κ3) is 18.1. The first-order chi connectivity index (χ1) is 51.2. The molecule has 0 spiro atoms. The molecule has 8 aromatic heterocycles. The van der Waals surface area contributed by atoms with E-state index in [1.807, 2.05) is 146 Å². The van der Waals surface area contributed by atoms with Crippen molar-refractivity contribution in [3.63, 3.8) is 0 Å². The van der Waals surface area contributed by atoms with Crippen molar-refractivity contribution in [3.8, 4) is 47.4 Å². The highest BCUT2D eigenvalue weighted by Crippen LogP contribution is 2.40. The zero-order valence-corrected chi connectivity index (χ0v) is 54.7. The van der Waals surface area contributed by atoms with Crippen LogP contribution in [-0.4, -0.2) is 85.1 Å². The summed E-state index contributed by atoms with van der Waals surface area (Å²) in [5.74, 6) is 24.8. The molecule has 16 rings (SSSR count). The lowest BCUT2D eigenvalue weighted by Crippen LogP contribution is -2.20. The summed E-state index contributed by atoms with van der Waals surface area (Å²) in [5.41, 5.74) is 13.1. The summed E-state index contributed by atoms with van der Waals surface area (Å²) in [5, 5.41) is 41.7. The monoisotopic (exact) mass is 1370 g/mol. The quantitative estimate of drug-likeness (QED) is 0.0811. The molecule has 8 atom stereocenters. The highest BCUT2D eigenvalue weighted by atomic mass is 16.6. The molecule has 0 aliphatic carbocycles. The second-order valence-corrected chi connectivity index (χ2v) is 23.0. The molecule has 4 aromatic carbocycles. The highest BCUT2D eigenvalue weighted by molar-refractivity contribution is 5.73. The van der Waals surface area contributed by atoms with Gasteiger partial charge in [0.25, 0.3) is 0 Å². The molecule has 4 saturated heterocycles. The lowest BCUT2D eigenvalue weighted by molar-refractivity contribution is 0.131. The van der Waals surface area contributed by atoms with Crippen LogP contribution in [0.15, 0.2) is 269 Å². The van der Waals surface area contributed by atoms with Gasteiger partial charge in [-0.3, -0.25) is 19.9 Å². The summed E-state index contributed by atoms with van der Waals surface area (Å²) in [6.45, 7) is 0. The molecular weight excluding hydrogens is 1310 g/mol. The second kappa shape index (κ2) is 33.6. The number of hydrogen-bond donors (Lipinski definition) is 4. The van der Waals surface area contributed by atoms with E-state index in [1.54, 1.807) is 123 Å². The molecule has 24 nitrogen and oxygen atoms in total. The summed E-state index contributed by atoms with van der Waals surface area (Å²) < 4.78 is 21.6. The number of alkyl carbamates (subject to hydrolysis) is 4. The number of carbonyl (C=O) groups is 4. The van der Waals surface area contributed by atoms with Gasteiger partial charge in [-0.15, -0.1) is 0 Å². The summed E-state index contributed by atoms with van der Waals surface area (Å²) in [6, 6.07) is 52.2. The number of aromatic nitrogens is 12. The molecular formula is C80H56N16O8. The number of benzene rings is 4. The van der Waals surface area contributed by atoms with E-state index in [-0.39, 0.29) is 24.2 Å². The number of rotatable bonds is 8. The number of carbonyl (C=O) groups excluding carboxylic acids is 4. The van der Waals surface area contributed by atoms with Crippen LogP contribution in [0.1, 0.15) is 138 Å². The van der Waals surface area contributed by atoms with Gasteiger partial charge in [0.1, 0.15) is 24.2 Å². The molecule has 104 heavy (non-hydrogen) atoms. The summed E-state index contributed by atoms with van der Waals surface area (Å²) in [4.78, 5) is 64.2. The van der Waals surface area contributed by atoms with E-state index in [0.29, 0.717) is 0 Å². The zero-order chi connectivity index (χ0) is 71.1. The molecule has 0 unspecified atom stereocenters. The minimum absolute atomic E-state index is 0.363. The normalized spacial score (nSPS) is 18.4. The van der Waals surface area contributed by atoms with Gasteiger partial charge >= 0.3 is 24.4 Å². The van der Waals surface area contributed by atoms with E-state index in [0.717, 1.165) is 89.0 Å². The lowest BCUT2D eigenvalue weighted by atomic mass is 9.98. The maximum atomic E-state index is 11.8. The van der Waals surface area contributed by atoms with Gasteiger partial charge in [-0.1, -0.05) is 120 Å². The van der Waals surface area contributed by atoms with Crippen molar-refractivity contribution in [3.05, 3.63) is 358 Å². The fourth-order valence-electron chi connectivity index (χ4n) is 11.1. The summed E-state index contributed by atoms with van der Waals surface area (Å²) >= 11 is 0. The average Bonchev–Trinajstić information content (AvgIpc) is 1.66. The molecule has 0 radical (unpaired) electrons. The fourth-order valence-corrected chi connectivity index (χ4v) is 11.1. The Hall–Kier alpha value is -14.9. The van der Waals surface area contributed by atoms with E-state index in [1.165, 1.54) is 0 Å². The SMILES string of the molecule is O=C1N[C@@H](c2cncc(C#Cc3ccccc3)c2)[C@@H](c2ccnnc2)O1.O=C1N[C@@H](c2cncc(C#Cc3ccccc3)c2)[C@H](c2ccnnc2)O1.O=C1N[C@H](c2cncc(C#Cc3ccccc3)c2)[C@@H](c2ccnnc2)O1.O=C1N[C@H](c2cncc(C#Cc3ccccc3)c2)[C@H](c2ccnnc2)O1. The van der Waals surface area contributed by atoms with Gasteiger partial charge in [0.05, 0.1) is 24.8 Å². The molecule has 4 fully saturated rings. The second-order valence-electron chi connectivity index (χ2n) is 23.0. The van der Waals surface area contributed by atoms with Crippen molar-refractivity contribution in [2.45, 2.75) is 48.6 Å². The number of cyclic esters (lactones) is 4. The fraction of sp³-hybridized carbons (Fsp3) is 0.100. The van der Waals surface area contributed by atoms with Crippen LogP contribution in [0.3, 0.4) is 0 Å². The minimum Gasteiger partial charge on any atom is -0.439 e. The first kappa shape index (κ1) is 67.7. The van der Waals surface area contributed by atoms with Gasteiger partial charge in [-0.05, 0) is 119 Å². The number of amides is 4. The molecule has 0 bridgehead atoms. The zero-order valence-electron chi connectivity index (χ0n) is 54.7. The van der Waals surface area contributed by atoms with E-state index in [9.17, 15) is 19.2 Å². The van der Waals surface area contributed by atoms with Gasteiger partial charge in [-0.25, -0.2) is 19.2 Å². The third-order valence-electron chi connectivity index (χ3n) is 16.0. The van der Waals surface area contributed by atoms with Gasteiger partial charge in [-0.2, -0.15) is 40.8 Å². The van der Waals surface area contributed by atoms with Gasteiger partial charge < -0.3 is 40.2 Å². The van der Waals surface area contributed by atoms with Gasteiger partial charge in [0.15, 0.2) is 24.4 Å². The largest absolute Gasteiger partial charge is 0.439 e. The number of ether oxygens (including phenoxy) is 4. The smallest absolute Gasteiger partial charge is 0.408 e. The van der Waals surface area contributed by atoms with Crippen LogP contribution in [-0.2, 0) is 18.9 Å². The van der Waals surface area contributed by atoms with Crippen LogP contribution < -0.4 is 21.3 Å². The van der Waals surface area contributed by atoms with Gasteiger partial charge in [0.2, 0.25) is 0 Å². The minimum atomic E-state index is -0.489. The van der Waals surface area contributed by atoms with E-state index in [2.05, 4.69) is 129 Å². The summed E-state index contributed by atoms with van der Waals surface area (Å²) in [6.07, 6.45) is 22.4. The molecule has 24 heteroatoms. The molecule has 4 aliphatic heterocycles. The topological polar surface area (TPSA) is 308 Å². The van der Waals surface area contributed by atoms with Gasteiger partial charge in [0, 0.05) is 141 Å². The van der Waals surface area contributed by atoms with Crippen molar-refractivity contribution < 1.29 is 38.1 Å². The maximum Gasteiger partial charge on any atom is 0.408 e. The Morgan fingerprint density at radius 2 is 0.442 bits per heavy atom. The lowest BCUT2D eigenvalue weighted by Gasteiger charge is -2.16. The molecule has 0 saturated carbocycles. The van der Waals surface area contributed by atoms with Crippen molar-refractivity contribution in [1.82, 2.24) is 82.0 Å². The molecule has 4 amide bonds. The van der Waals surface area contributed by atoms with Crippen LogP contribution in [0.25, 0.3) is 0 Å². The van der Waals surface area contributed by atoms with Crippen LogP contribution in [0.2, 0.25) is 0 Å². The highest BCUT2D eigenvalue weighted by Gasteiger charge is 2.40. The number of nitrogens with one attached hydrogen (secondary N) is 4. The van der Waals surface area contributed by atoms with Crippen LogP contribution in [0.4, 0.5) is 19.2 Å². The van der Waals surface area contributed by atoms with Crippen LogP contribution >= 0.6 is 0 Å². The third-order valence-corrected chi connectivity index (χ3v) is 16.0. The van der Waals surface area contributed by atoms with E-state index >= 15 is 0 Å². The van der Waals surface area contributed by atoms with E-state index in [4.69, 9.17) is 18.9 Å². The Morgan fingerprint density at radius 1 is 0.231 bits per heavy atom. The molecule has 4 N–H and O–H groups in total. The maximum absolute atomic E-state index is 11.8. The molecule has 12 aromatic rings. The Balaban J connectivity index is 0.000000123. The summed E-state index contributed by atoms with van der Waals surface area (Å²) in [7, 11) is 0. The first-order valence-corrected chi connectivity index (χ1v) is 32.2. The van der Waals surface area contributed by atoms with Crippen molar-refractivity contribution in [2.24, 2.45) is 0 Å². The Labute approximate surface area is 595 Å². The average molecular weight is 1370 g/mol. The van der Waals surface area contributed by atoms with Crippen molar-refractivity contribution in [1.29, 1.82) is 0 Å². The predicted octanol–water partition coefficient (Wildman–Crippen LogP) is 11.2. The van der Waals surface area contributed by atoms with Crippen LogP contribution in [0.5, 0.6) is 0 Å². The predicted molar refractivity (Wildman–Crippen MR) is 375 cm³/mol. The number of hydrogen-bond acceptors (Lipinski definition) is 20. The Kier molecular flexibility index (Phi) is 21.9. The standard InChI is InChI=1S/4C20H14N4O2/c4*25-20-24-18(19(26-20)16-8-9-22-23-13-16)17-10-15(11-21-12-17)7-6-14-4-2-1-3-5-14/h4*1-5,8-13,18-19H,(H,24,25)/t2*18-,19+;2*18-,19-/m1010/s1. The molecule has 12 heterocycles.